The van der Waals surface area contributed by atoms with E-state index in [0.29, 0.717) is 24.9 Å². The summed E-state index contributed by atoms with van der Waals surface area (Å²) < 4.78 is 0. The van der Waals surface area contributed by atoms with Crippen LogP contribution in [0.1, 0.15) is 23.2 Å². The van der Waals surface area contributed by atoms with Crippen LogP contribution in [0.5, 0.6) is 5.75 Å². The summed E-state index contributed by atoms with van der Waals surface area (Å²) >= 11 is 0. The number of carbonyl (C=O) groups is 2. The molecule has 2 N–H and O–H groups in total. The summed E-state index contributed by atoms with van der Waals surface area (Å²) in [7, 11) is 1.73. The Morgan fingerprint density at radius 1 is 1.50 bits per heavy atom. The first-order valence-electron chi connectivity index (χ1n) is 5.90. The molecule has 1 fully saturated rings. The van der Waals surface area contributed by atoms with Crippen molar-refractivity contribution in [2.45, 2.75) is 18.9 Å². The average molecular weight is 248 g/mol. The fourth-order valence-corrected chi connectivity index (χ4v) is 2.05. The molecule has 0 spiro atoms. The highest BCUT2D eigenvalue weighted by Crippen LogP contribution is 2.13. The van der Waals surface area contributed by atoms with Crippen LogP contribution in [0.25, 0.3) is 0 Å². The Labute approximate surface area is 105 Å². The van der Waals surface area contributed by atoms with E-state index in [4.69, 9.17) is 0 Å². The quantitative estimate of drug-likeness (QED) is 0.811. The molecule has 1 unspecified atom stereocenters. The second-order valence-electron chi connectivity index (χ2n) is 4.53. The van der Waals surface area contributed by atoms with Gasteiger partial charge in [-0.05, 0) is 24.6 Å². The zero-order valence-corrected chi connectivity index (χ0v) is 10.2. The molecule has 1 atom stereocenters. The van der Waals surface area contributed by atoms with E-state index in [1.54, 1.807) is 24.1 Å². The molecule has 0 bridgehead atoms. The van der Waals surface area contributed by atoms with Gasteiger partial charge in [-0.2, -0.15) is 0 Å². The number of hydrogen-bond acceptors (Lipinski definition) is 3. The number of hydrogen-bond donors (Lipinski definition) is 2. The van der Waals surface area contributed by atoms with Crippen LogP contribution in [-0.4, -0.2) is 41.5 Å². The van der Waals surface area contributed by atoms with Gasteiger partial charge in [0.2, 0.25) is 5.91 Å². The predicted molar refractivity (Wildman–Crippen MR) is 66.2 cm³/mol. The fraction of sp³-hybridized carbons (Fsp3) is 0.385. The van der Waals surface area contributed by atoms with Gasteiger partial charge >= 0.3 is 0 Å². The van der Waals surface area contributed by atoms with E-state index in [-0.39, 0.29) is 23.6 Å². The van der Waals surface area contributed by atoms with E-state index >= 15 is 0 Å². The summed E-state index contributed by atoms with van der Waals surface area (Å²) in [5, 5.41) is 12.2. The van der Waals surface area contributed by atoms with E-state index < -0.39 is 0 Å². The minimum atomic E-state index is -0.223. The number of nitrogens with zero attached hydrogens (tertiary/aromatic N) is 1. The molecule has 1 aliphatic rings. The van der Waals surface area contributed by atoms with Crippen molar-refractivity contribution in [3.05, 3.63) is 29.8 Å². The number of amides is 2. The van der Waals surface area contributed by atoms with Crippen LogP contribution >= 0.6 is 0 Å². The summed E-state index contributed by atoms with van der Waals surface area (Å²) in [4.78, 5) is 24.9. The molecule has 0 aromatic heterocycles. The largest absolute Gasteiger partial charge is 0.508 e. The Hall–Kier alpha value is -2.04. The molecule has 1 aromatic carbocycles. The number of rotatable bonds is 2. The summed E-state index contributed by atoms with van der Waals surface area (Å²) in [6.45, 7) is 0.531. The smallest absolute Gasteiger partial charge is 0.251 e. The highest BCUT2D eigenvalue weighted by molar-refractivity contribution is 5.94. The molecule has 96 valence electrons. The lowest BCUT2D eigenvalue weighted by Crippen LogP contribution is -2.48. The number of nitrogens with one attached hydrogen (secondary N) is 1. The van der Waals surface area contributed by atoms with Gasteiger partial charge in [-0.15, -0.1) is 0 Å². The molecule has 18 heavy (non-hydrogen) atoms. The molecule has 1 aliphatic heterocycles. The van der Waals surface area contributed by atoms with Crippen molar-refractivity contribution in [2.75, 3.05) is 13.6 Å². The summed E-state index contributed by atoms with van der Waals surface area (Å²) in [5.74, 6) is -0.0462. The lowest BCUT2D eigenvalue weighted by molar-refractivity contribution is -0.132. The minimum absolute atomic E-state index is 0.0254. The van der Waals surface area contributed by atoms with E-state index in [9.17, 15) is 14.7 Å². The minimum Gasteiger partial charge on any atom is -0.508 e. The standard InChI is InChI=1S/C13H16N2O3/c1-15-8-10(5-6-12(15)17)14-13(18)9-3-2-4-11(16)7-9/h2-4,7,10,16H,5-6,8H2,1H3,(H,14,18). The van der Waals surface area contributed by atoms with Gasteiger partial charge in [0.15, 0.2) is 0 Å². The van der Waals surface area contributed by atoms with Crippen molar-refractivity contribution in [3.63, 3.8) is 0 Å². The molecule has 5 heteroatoms. The van der Waals surface area contributed by atoms with Gasteiger partial charge in [0.1, 0.15) is 5.75 Å². The molecule has 0 aliphatic carbocycles. The van der Waals surface area contributed by atoms with E-state index in [1.807, 2.05) is 0 Å². The highest BCUT2D eigenvalue weighted by Gasteiger charge is 2.24. The number of phenols is 1. The van der Waals surface area contributed by atoms with Crippen LogP contribution in [0.3, 0.4) is 0 Å². The first kappa shape index (κ1) is 12.4. The maximum absolute atomic E-state index is 11.9. The molecule has 0 radical (unpaired) electrons. The molecule has 0 saturated carbocycles. The van der Waals surface area contributed by atoms with Gasteiger partial charge in [-0.3, -0.25) is 9.59 Å². The number of aromatic hydroxyl groups is 1. The maximum Gasteiger partial charge on any atom is 0.251 e. The molecule has 5 nitrogen and oxygen atoms in total. The third-order valence-corrected chi connectivity index (χ3v) is 3.07. The molecule has 1 aromatic rings. The van der Waals surface area contributed by atoms with Crippen LogP contribution in [0, 0.1) is 0 Å². The van der Waals surface area contributed by atoms with Gasteiger partial charge in [-0.25, -0.2) is 0 Å². The monoisotopic (exact) mass is 248 g/mol. The third kappa shape index (κ3) is 2.80. The van der Waals surface area contributed by atoms with E-state index in [0.717, 1.165) is 0 Å². The Bertz CT molecular complexity index is 473. The normalized spacial score (nSPS) is 19.7. The number of likely N-dealkylation sites (tertiary alicyclic amines) is 1. The molecule has 1 heterocycles. The molecule has 2 amide bonds. The van der Waals surface area contributed by atoms with Crippen molar-refractivity contribution < 1.29 is 14.7 Å². The maximum atomic E-state index is 11.9. The van der Waals surface area contributed by atoms with Gasteiger partial charge in [0.05, 0.1) is 0 Å². The summed E-state index contributed by atoms with van der Waals surface area (Å²) in [5.41, 5.74) is 0.426. The van der Waals surface area contributed by atoms with Crippen molar-refractivity contribution in [3.8, 4) is 5.75 Å². The first-order valence-corrected chi connectivity index (χ1v) is 5.90. The zero-order chi connectivity index (χ0) is 13.1. The first-order chi connectivity index (χ1) is 8.56. The number of likely N-dealkylation sites (N-methyl/N-ethyl adjacent to an activating group) is 1. The van der Waals surface area contributed by atoms with Crippen molar-refractivity contribution >= 4 is 11.8 Å². The topological polar surface area (TPSA) is 69.6 Å². The Balaban J connectivity index is 1.98. The number of benzene rings is 1. The Morgan fingerprint density at radius 3 is 2.94 bits per heavy atom. The second-order valence-corrected chi connectivity index (χ2v) is 4.53. The lowest BCUT2D eigenvalue weighted by Gasteiger charge is -2.30. The second kappa shape index (κ2) is 5.08. The summed E-state index contributed by atoms with van der Waals surface area (Å²) in [6.07, 6.45) is 1.12. The van der Waals surface area contributed by atoms with Crippen molar-refractivity contribution in [2.24, 2.45) is 0 Å². The highest BCUT2D eigenvalue weighted by atomic mass is 16.3. The van der Waals surface area contributed by atoms with Crippen LogP contribution in [-0.2, 0) is 4.79 Å². The fourth-order valence-electron chi connectivity index (χ4n) is 2.05. The molecular formula is C13H16N2O3. The number of piperidine rings is 1. The molecule has 1 saturated heterocycles. The molecule has 2 rings (SSSR count). The van der Waals surface area contributed by atoms with Crippen molar-refractivity contribution in [1.29, 1.82) is 0 Å². The van der Waals surface area contributed by atoms with Gasteiger partial charge in [0, 0.05) is 31.6 Å². The van der Waals surface area contributed by atoms with Crippen molar-refractivity contribution in [1.82, 2.24) is 10.2 Å². The SMILES string of the molecule is CN1CC(NC(=O)c2cccc(O)c2)CCC1=O. The van der Waals surface area contributed by atoms with Gasteiger partial charge in [-0.1, -0.05) is 6.07 Å². The van der Waals surface area contributed by atoms with Gasteiger partial charge < -0.3 is 15.3 Å². The molecular weight excluding hydrogens is 232 g/mol. The van der Waals surface area contributed by atoms with Crippen LogP contribution < -0.4 is 5.32 Å². The predicted octanol–water partition coefficient (Wildman–Crippen LogP) is 0.743. The summed E-state index contributed by atoms with van der Waals surface area (Å²) in [6, 6.07) is 6.19. The third-order valence-electron chi connectivity index (χ3n) is 3.07. The van der Waals surface area contributed by atoms with Crippen LogP contribution in [0.4, 0.5) is 0 Å². The Kier molecular flexibility index (Phi) is 3.50. The van der Waals surface area contributed by atoms with Gasteiger partial charge in [0.25, 0.3) is 5.91 Å². The van der Waals surface area contributed by atoms with Crippen LogP contribution in [0.15, 0.2) is 24.3 Å². The van der Waals surface area contributed by atoms with Crippen LogP contribution in [0.2, 0.25) is 0 Å². The lowest BCUT2D eigenvalue weighted by atomic mass is 10.0. The number of carbonyl (C=O) groups excluding carboxylic acids is 2. The zero-order valence-electron chi connectivity index (χ0n) is 10.2. The Morgan fingerprint density at radius 2 is 2.28 bits per heavy atom. The van der Waals surface area contributed by atoms with E-state index in [2.05, 4.69) is 5.32 Å². The average Bonchev–Trinajstić information content (AvgIpc) is 2.34. The van der Waals surface area contributed by atoms with E-state index in [1.165, 1.54) is 12.1 Å². The number of phenolic OH excluding ortho intramolecular Hbond substituents is 1.